The first kappa shape index (κ1) is 18.7. The van der Waals surface area contributed by atoms with Gasteiger partial charge in [-0.3, -0.25) is 0 Å². The second-order valence-electron chi connectivity index (χ2n) is 7.89. The van der Waals surface area contributed by atoms with Gasteiger partial charge in [0.1, 0.15) is 24.5 Å². The molecule has 27 heavy (non-hydrogen) atoms. The SMILES string of the molecule is CN(C1=NCNc2[nH]ccc21)C1CCC(CS(=O)(=O)N2CCC(F)C2)CC1. The maximum atomic E-state index is 13.4. The molecule has 1 atom stereocenters. The fraction of sp³-hybridized carbons (Fsp3) is 0.722. The highest BCUT2D eigenvalue weighted by atomic mass is 32.2. The summed E-state index contributed by atoms with van der Waals surface area (Å²) in [5, 5.41) is 3.23. The van der Waals surface area contributed by atoms with Crippen molar-refractivity contribution in [3.63, 3.8) is 0 Å². The summed E-state index contributed by atoms with van der Waals surface area (Å²) in [6.45, 7) is 0.924. The average Bonchev–Trinajstić information content (AvgIpc) is 3.30. The molecule has 2 aliphatic heterocycles. The van der Waals surface area contributed by atoms with E-state index >= 15 is 0 Å². The fourth-order valence-electron chi connectivity index (χ4n) is 4.50. The van der Waals surface area contributed by atoms with Crippen molar-refractivity contribution >= 4 is 21.7 Å². The van der Waals surface area contributed by atoms with Gasteiger partial charge in [0.2, 0.25) is 10.0 Å². The number of fused-ring (bicyclic) bond motifs is 1. The largest absolute Gasteiger partial charge is 0.356 e. The second kappa shape index (κ2) is 7.43. The van der Waals surface area contributed by atoms with E-state index in [2.05, 4.69) is 27.2 Å². The molecule has 2 fully saturated rings. The first-order valence-corrected chi connectivity index (χ1v) is 11.4. The van der Waals surface area contributed by atoms with Gasteiger partial charge in [-0.25, -0.2) is 17.8 Å². The Bertz CT molecular complexity index is 800. The molecule has 1 saturated carbocycles. The number of aromatic amines is 1. The number of alkyl halides is 1. The zero-order chi connectivity index (χ0) is 19.0. The summed E-state index contributed by atoms with van der Waals surface area (Å²) >= 11 is 0. The Kier molecular flexibility index (Phi) is 5.15. The summed E-state index contributed by atoms with van der Waals surface area (Å²) in [6.07, 6.45) is 4.90. The number of aliphatic imine (C=N–C) groups is 1. The van der Waals surface area contributed by atoms with Crippen LogP contribution < -0.4 is 5.32 Å². The van der Waals surface area contributed by atoms with Crippen molar-refractivity contribution < 1.29 is 12.8 Å². The molecule has 0 aromatic carbocycles. The van der Waals surface area contributed by atoms with E-state index in [1.807, 2.05) is 12.3 Å². The fourth-order valence-corrected chi connectivity index (χ4v) is 6.41. The van der Waals surface area contributed by atoms with Gasteiger partial charge in [-0.15, -0.1) is 0 Å². The topological polar surface area (TPSA) is 80.8 Å². The lowest BCUT2D eigenvalue weighted by Gasteiger charge is -2.37. The van der Waals surface area contributed by atoms with Crippen molar-refractivity contribution in [2.24, 2.45) is 10.9 Å². The Hall–Kier alpha value is -1.61. The van der Waals surface area contributed by atoms with Crippen molar-refractivity contribution in [2.45, 2.75) is 44.3 Å². The first-order valence-electron chi connectivity index (χ1n) is 9.75. The van der Waals surface area contributed by atoms with Crippen molar-refractivity contribution in [1.29, 1.82) is 0 Å². The summed E-state index contributed by atoms with van der Waals surface area (Å²) in [6, 6.07) is 2.40. The van der Waals surface area contributed by atoms with Crippen LogP contribution in [0, 0.1) is 5.92 Å². The molecule has 1 aromatic rings. The summed E-state index contributed by atoms with van der Waals surface area (Å²) in [5.74, 6) is 2.31. The standard InChI is InChI=1S/C18H28FN5O2S/c1-23(18-16-6-8-20-17(16)21-12-22-18)15-4-2-13(3-5-15)11-27(25,26)24-9-7-14(19)10-24/h6,8,13-15,20-21H,2-5,7,9-12H2,1H3. The van der Waals surface area contributed by atoms with Gasteiger partial charge in [-0.2, -0.15) is 4.31 Å². The minimum absolute atomic E-state index is 0.0350. The predicted octanol–water partition coefficient (Wildman–Crippen LogP) is 2.01. The lowest BCUT2D eigenvalue weighted by molar-refractivity contribution is 0.238. The van der Waals surface area contributed by atoms with Gasteiger partial charge in [0.05, 0.1) is 11.3 Å². The zero-order valence-corrected chi connectivity index (χ0v) is 16.5. The Morgan fingerprint density at radius 2 is 2.07 bits per heavy atom. The lowest BCUT2D eigenvalue weighted by Crippen LogP contribution is -2.42. The van der Waals surface area contributed by atoms with E-state index in [0.717, 1.165) is 42.9 Å². The highest BCUT2D eigenvalue weighted by Gasteiger charge is 2.35. The van der Waals surface area contributed by atoms with Gasteiger partial charge in [0, 0.05) is 32.4 Å². The molecule has 1 saturated heterocycles. The van der Waals surface area contributed by atoms with Crippen LogP contribution >= 0.6 is 0 Å². The van der Waals surface area contributed by atoms with E-state index in [9.17, 15) is 12.8 Å². The van der Waals surface area contributed by atoms with Crippen molar-refractivity contribution in [1.82, 2.24) is 14.2 Å². The minimum atomic E-state index is -3.34. The molecule has 1 aliphatic carbocycles. The molecule has 0 amide bonds. The van der Waals surface area contributed by atoms with Gasteiger partial charge < -0.3 is 15.2 Å². The highest BCUT2D eigenvalue weighted by Crippen LogP contribution is 2.31. The van der Waals surface area contributed by atoms with E-state index in [4.69, 9.17) is 0 Å². The molecule has 0 radical (unpaired) electrons. The van der Waals surface area contributed by atoms with Gasteiger partial charge in [0.15, 0.2) is 0 Å². The molecule has 7 nitrogen and oxygen atoms in total. The molecule has 1 aromatic heterocycles. The van der Waals surface area contributed by atoms with Crippen molar-refractivity contribution in [2.75, 3.05) is 37.9 Å². The Morgan fingerprint density at radius 1 is 1.30 bits per heavy atom. The number of halogens is 1. The second-order valence-corrected chi connectivity index (χ2v) is 9.90. The molecule has 4 rings (SSSR count). The third-order valence-electron chi connectivity index (χ3n) is 6.10. The molecule has 0 spiro atoms. The van der Waals surface area contributed by atoms with Crippen LogP contribution in [0.15, 0.2) is 17.3 Å². The zero-order valence-electron chi connectivity index (χ0n) is 15.7. The van der Waals surface area contributed by atoms with Crippen LogP contribution in [0.1, 0.15) is 37.7 Å². The molecular formula is C18H28FN5O2S. The quantitative estimate of drug-likeness (QED) is 0.814. The van der Waals surface area contributed by atoms with Crippen LogP contribution in [0.4, 0.5) is 10.2 Å². The van der Waals surface area contributed by atoms with Gasteiger partial charge in [0.25, 0.3) is 0 Å². The smallest absolute Gasteiger partial charge is 0.214 e. The summed E-state index contributed by atoms with van der Waals surface area (Å²) < 4.78 is 39.8. The van der Waals surface area contributed by atoms with Gasteiger partial charge in [-0.1, -0.05) is 0 Å². The van der Waals surface area contributed by atoms with Crippen LogP contribution in [0.5, 0.6) is 0 Å². The van der Waals surface area contributed by atoms with Crippen LogP contribution in [-0.4, -0.2) is 73.2 Å². The van der Waals surface area contributed by atoms with Crippen LogP contribution in [-0.2, 0) is 10.0 Å². The third-order valence-corrected chi connectivity index (χ3v) is 8.11. The van der Waals surface area contributed by atoms with E-state index in [0.29, 0.717) is 25.7 Å². The molecule has 0 bridgehead atoms. The number of nitrogens with one attached hydrogen (secondary N) is 2. The number of nitrogens with zero attached hydrogens (tertiary/aromatic N) is 3. The lowest BCUT2D eigenvalue weighted by atomic mass is 9.86. The molecule has 2 N–H and O–H groups in total. The van der Waals surface area contributed by atoms with Gasteiger partial charge >= 0.3 is 0 Å². The maximum absolute atomic E-state index is 13.4. The van der Waals surface area contributed by atoms with E-state index in [1.165, 1.54) is 4.31 Å². The highest BCUT2D eigenvalue weighted by molar-refractivity contribution is 7.89. The number of sulfonamides is 1. The number of anilines is 1. The molecule has 3 aliphatic rings. The number of aromatic nitrogens is 1. The molecular weight excluding hydrogens is 369 g/mol. The first-order chi connectivity index (χ1) is 12.9. The number of rotatable bonds is 4. The average molecular weight is 398 g/mol. The Morgan fingerprint density at radius 3 is 2.78 bits per heavy atom. The number of amidine groups is 1. The number of hydrogen-bond acceptors (Lipinski definition) is 5. The summed E-state index contributed by atoms with van der Waals surface area (Å²) in [7, 11) is -1.26. The predicted molar refractivity (Wildman–Crippen MR) is 104 cm³/mol. The normalized spacial score (nSPS) is 29.1. The van der Waals surface area contributed by atoms with Crippen LogP contribution in [0.3, 0.4) is 0 Å². The maximum Gasteiger partial charge on any atom is 0.214 e. The molecule has 9 heteroatoms. The van der Waals surface area contributed by atoms with E-state index in [1.54, 1.807) is 0 Å². The Balaban J connectivity index is 1.33. The van der Waals surface area contributed by atoms with E-state index < -0.39 is 16.2 Å². The van der Waals surface area contributed by atoms with Crippen LogP contribution in [0.25, 0.3) is 0 Å². The minimum Gasteiger partial charge on any atom is -0.356 e. The number of hydrogen-bond donors (Lipinski definition) is 2. The van der Waals surface area contributed by atoms with Crippen LogP contribution in [0.2, 0.25) is 0 Å². The molecule has 1 unspecified atom stereocenters. The monoisotopic (exact) mass is 397 g/mol. The van der Waals surface area contributed by atoms with E-state index in [-0.39, 0.29) is 18.2 Å². The number of H-pyrrole nitrogens is 1. The third kappa shape index (κ3) is 3.85. The molecule has 3 heterocycles. The summed E-state index contributed by atoms with van der Waals surface area (Å²) in [5.41, 5.74) is 1.09. The van der Waals surface area contributed by atoms with Crippen molar-refractivity contribution in [3.8, 4) is 0 Å². The molecule has 150 valence electrons. The van der Waals surface area contributed by atoms with Crippen molar-refractivity contribution in [3.05, 3.63) is 17.8 Å². The van der Waals surface area contributed by atoms with Gasteiger partial charge in [-0.05, 0) is 44.1 Å². The summed E-state index contributed by atoms with van der Waals surface area (Å²) in [4.78, 5) is 10.1. The Labute approximate surface area is 160 Å².